The maximum atomic E-state index is 16.4. The molecule has 1 fully saturated rings. The van der Waals surface area contributed by atoms with Crippen molar-refractivity contribution in [3.63, 3.8) is 0 Å². The second-order valence-corrected chi connectivity index (χ2v) is 11.0. The molecule has 2 aromatic rings. The number of carbonyl (C=O) groups is 1. The molecule has 1 atom stereocenters. The minimum Gasteiger partial charge on any atom is -0.300 e. The van der Waals surface area contributed by atoms with Crippen LogP contribution in [0, 0.1) is 5.92 Å². The van der Waals surface area contributed by atoms with Gasteiger partial charge in [-0.1, -0.05) is 36.4 Å². The van der Waals surface area contributed by atoms with E-state index in [4.69, 9.17) is 0 Å². The molecule has 1 aliphatic rings. The number of benzene rings is 2. The zero-order chi connectivity index (χ0) is 19.7. The van der Waals surface area contributed by atoms with Crippen LogP contribution >= 0.6 is 0 Å². The number of Topliss-reactive ketones (excluding diaryl/α,β-unsaturated/α-hetero) is 1. The topological polar surface area (TPSA) is 85.3 Å². The van der Waals surface area contributed by atoms with Crippen molar-refractivity contribution in [2.45, 2.75) is 39.8 Å². The van der Waals surface area contributed by atoms with E-state index in [2.05, 4.69) is 0 Å². The van der Waals surface area contributed by atoms with Gasteiger partial charge in [0.2, 0.25) is 19.7 Å². The molecule has 5 nitrogen and oxygen atoms in total. The Morgan fingerprint density at radius 1 is 0.815 bits per heavy atom. The predicted molar refractivity (Wildman–Crippen MR) is 98.1 cm³/mol. The first kappa shape index (κ1) is 19.7. The first-order chi connectivity index (χ1) is 12.7. The predicted octanol–water partition coefficient (Wildman–Crippen LogP) is 3.32. The summed E-state index contributed by atoms with van der Waals surface area (Å²) in [7, 11) is -9.87. The van der Waals surface area contributed by atoms with Gasteiger partial charge in [-0.3, -0.25) is 4.79 Å². The highest BCUT2D eigenvalue weighted by Gasteiger charge is 2.62. The Morgan fingerprint density at radius 3 is 1.67 bits per heavy atom. The van der Waals surface area contributed by atoms with Crippen molar-refractivity contribution in [3.8, 4) is 0 Å². The summed E-state index contributed by atoms with van der Waals surface area (Å²) in [6.45, 7) is 0. The molecule has 0 spiro atoms. The molecule has 1 saturated carbocycles. The maximum Gasteiger partial charge on any atom is 0.320 e. The lowest BCUT2D eigenvalue weighted by Gasteiger charge is -2.34. The van der Waals surface area contributed by atoms with Crippen LogP contribution < -0.4 is 0 Å². The Hall–Kier alpha value is -2.06. The first-order valence-corrected chi connectivity index (χ1v) is 11.5. The average molecular weight is 410 g/mol. The summed E-state index contributed by atoms with van der Waals surface area (Å²) < 4.78 is 65.7. The zero-order valence-corrected chi connectivity index (χ0v) is 16.0. The Morgan fingerprint density at radius 2 is 1.26 bits per heavy atom. The Balaban J connectivity index is 2.26. The SMILES string of the molecule is O=C1CCC[C@@H](C(F)(S(=O)(=O)c2ccccc2)S(=O)(=O)c2ccccc2)C1. The third-order valence-corrected chi connectivity index (χ3v) is 10.0. The van der Waals surface area contributed by atoms with Gasteiger partial charge in [-0.25, -0.2) is 21.2 Å². The second kappa shape index (κ2) is 7.16. The fourth-order valence-electron chi connectivity index (χ4n) is 3.42. The third-order valence-electron chi connectivity index (χ3n) is 4.81. The minimum absolute atomic E-state index is 0.000364. The molecular weight excluding hydrogens is 391 g/mol. The molecule has 1 aliphatic carbocycles. The van der Waals surface area contributed by atoms with Gasteiger partial charge in [0, 0.05) is 18.8 Å². The van der Waals surface area contributed by atoms with Crippen LogP contribution in [-0.4, -0.2) is 27.0 Å². The van der Waals surface area contributed by atoms with Crippen molar-refractivity contribution in [2.75, 3.05) is 0 Å². The Labute approximate surface area is 158 Å². The van der Waals surface area contributed by atoms with Gasteiger partial charge in [-0.2, -0.15) is 0 Å². The van der Waals surface area contributed by atoms with Gasteiger partial charge >= 0.3 is 4.33 Å². The average Bonchev–Trinajstić information content (AvgIpc) is 2.68. The summed E-state index contributed by atoms with van der Waals surface area (Å²) in [5, 5.41) is 0. The number of hydrogen-bond acceptors (Lipinski definition) is 5. The van der Waals surface area contributed by atoms with E-state index in [9.17, 15) is 21.6 Å². The lowest BCUT2D eigenvalue weighted by Crippen LogP contribution is -2.50. The molecule has 0 aromatic heterocycles. The number of rotatable bonds is 5. The lowest BCUT2D eigenvalue weighted by atomic mass is 9.89. The van der Waals surface area contributed by atoms with Crippen LogP contribution in [0.15, 0.2) is 70.5 Å². The molecule has 144 valence electrons. The van der Waals surface area contributed by atoms with Gasteiger partial charge in [-0.05, 0) is 37.1 Å². The fraction of sp³-hybridized carbons (Fsp3) is 0.316. The highest BCUT2D eigenvalue weighted by molar-refractivity contribution is 8.10. The molecule has 27 heavy (non-hydrogen) atoms. The molecule has 8 heteroatoms. The van der Waals surface area contributed by atoms with Crippen molar-refractivity contribution in [3.05, 3.63) is 60.7 Å². The molecule has 3 rings (SSSR count). The highest BCUT2D eigenvalue weighted by atomic mass is 32.3. The lowest BCUT2D eigenvalue weighted by molar-refractivity contribution is -0.122. The molecule has 0 amide bonds. The Bertz CT molecular complexity index is 963. The zero-order valence-electron chi connectivity index (χ0n) is 14.4. The first-order valence-electron chi connectivity index (χ1n) is 8.51. The van der Waals surface area contributed by atoms with Gasteiger partial charge in [0.25, 0.3) is 0 Å². The molecule has 0 heterocycles. The third kappa shape index (κ3) is 3.21. The number of alkyl halides is 1. The molecule has 0 N–H and O–H groups in total. The molecular formula is C19H19FO5S2. The van der Waals surface area contributed by atoms with Crippen molar-refractivity contribution in [2.24, 2.45) is 5.92 Å². The van der Waals surface area contributed by atoms with Crippen LogP contribution in [0.4, 0.5) is 4.39 Å². The van der Waals surface area contributed by atoms with Crippen LogP contribution in [0.1, 0.15) is 25.7 Å². The van der Waals surface area contributed by atoms with E-state index in [1.807, 2.05) is 0 Å². The highest BCUT2D eigenvalue weighted by Crippen LogP contribution is 2.47. The standard InChI is InChI=1S/C19H19FO5S2/c20-19(15-8-7-9-16(21)14-15,26(22,23)17-10-3-1-4-11-17)27(24,25)18-12-5-2-6-13-18/h1-6,10-13,15H,7-9,14H2/t15-/m1/s1. The van der Waals surface area contributed by atoms with E-state index in [1.54, 1.807) is 12.1 Å². The quantitative estimate of drug-likeness (QED) is 0.755. The Kier molecular flexibility index (Phi) is 5.22. The van der Waals surface area contributed by atoms with Crippen molar-refractivity contribution in [1.29, 1.82) is 0 Å². The van der Waals surface area contributed by atoms with Crippen molar-refractivity contribution >= 4 is 25.5 Å². The second-order valence-electron chi connectivity index (χ2n) is 6.55. The number of carbonyl (C=O) groups excluding carboxylic acids is 1. The molecule has 2 aromatic carbocycles. The van der Waals surface area contributed by atoms with E-state index in [1.165, 1.54) is 24.3 Å². The van der Waals surface area contributed by atoms with Gasteiger partial charge < -0.3 is 0 Å². The van der Waals surface area contributed by atoms with Gasteiger partial charge in [-0.15, -0.1) is 0 Å². The normalized spacial score (nSPS) is 19.0. The van der Waals surface area contributed by atoms with E-state index in [-0.39, 0.29) is 25.0 Å². The van der Waals surface area contributed by atoms with E-state index >= 15 is 4.39 Å². The summed E-state index contributed by atoms with van der Waals surface area (Å²) in [6, 6.07) is 13.3. The summed E-state index contributed by atoms with van der Waals surface area (Å²) in [5.41, 5.74) is 0. The monoisotopic (exact) mass is 410 g/mol. The number of ketones is 1. The molecule has 0 aliphatic heterocycles. The molecule has 0 bridgehead atoms. The van der Waals surface area contributed by atoms with Crippen LogP contribution in [0.2, 0.25) is 0 Å². The number of hydrogen-bond donors (Lipinski definition) is 0. The minimum atomic E-state index is -4.94. The van der Waals surface area contributed by atoms with E-state index in [0.29, 0.717) is 0 Å². The summed E-state index contributed by atoms with van der Waals surface area (Å²) in [4.78, 5) is 11.0. The van der Waals surface area contributed by atoms with Gasteiger partial charge in [0.1, 0.15) is 5.78 Å². The van der Waals surface area contributed by atoms with Crippen LogP contribution in [0.3, 0.4) is 0 Å². The molecule has 0 radical (unpaired) electrons. The van der Waals surface area contributed by atoms with Crippen LogP contribution in [-0.2, 0) is 24.5 Å². The summed E-state index contributed by atoms with van der Waals surface area (Å²) >= 11 is 0. The fourth-order valence-corrected chi connectivity index (χ4v) is 8.11. The van der Waals surface area contributed by atoms with Crippen molar-refractivity contribution in [1.82, 2.24) is 0 Å². The van der Waals surface area contributed by atoms with Gasteiger partial charge in [0.15, 0.2) is 0 Å². The van der Waals surface area contributed by atoms with E-state index in [0.717, 1.165) is 24.3 Å². The number of sulfone groups is 2. The van der Waals surface area contributed by atoms with Crippen molar-refractivity contribution < 1.29 is 26.0 Å². The smallest absolute Gasteiger partial charge is 0.300 e. The maximum absolute atomic E-state index is 16.4. The van der Waals surface area contributed by atoms with Crippen LogP contribution in [0.25, 0.3) is 0 Å². The van der Waals surface area contributed by atoms with Gasteiger partial charge in [0.05, 0.1) is 9.79 Å². The molecule has 0 saturated heterocycles. The number of halogens is 1. The van der Waals surface area contributed by atoms with E-state index < -0.39 is 46.1 Å². The molecule has 0 unspecified atom stereocenters. The van der Waals surface area contributed by atoms with Crippen LogP contribution in [0.5, 0.6) is 0 Å². The summed E-state index contributed by atoms with van der Waals surface area (Å²) in [5.74, 6) is -1.80. The summed E-state index contributed by atoms with van der Waals surface area (Å²) in [6.07, 6.45) is 0.0299. The largest absolute Gasteiger partial charge is 0.320 e.